The lowest BCUT2D eigenvalue weighted by Gasteiger charge is -2.27. The minimum atomic E-state index is -2.97. The van der Waals surface area contributed by atoms with E-state index in [-0.39, 0.29) is 11.3 Å². The molecule has 2 rings (SSSR count). The third-order valence-electron chi connectivity index (χ3n) is 3.86. The molecule has 0 amide bonds. The molecule has 0 aromatic carbocycles. The van der Waals surface area contributed by atoms with Gasteiger partial charge in [0.05, 0.1) is 5.75 Å². The fourth-order valence-corrected chi connectivity index (χ4v) is 3.55. The molecule has 20 heavy (non-hydrogen) atoms. The van der Waals surface area contributed by atoms with Crippen LogP contribution in [0.5, 0.6) is 0 Å². The highest BCUT2D eigenvalue weighted by Crippen LogP contribution is 2.28. The van der Waals surface area contributed by atoms with Gasteiger partial charge in [0, 0.05) is 30.6 Å². The molecule has 1 N–H and O–H groups in total. The van der Waals surface area contributed by atoms with Crippen molar-refractivity contribution >= 4 is 9.84 Å². The second-order valence-electron chi connectivity index (χ2n) is 5.44. The molecule has 0 aliphatic heterocycles. The molecule has 1 atom stereocenters. The summed E-state index contributed by atoms with van der Waals surface area (Å²) in [5, 5.41) is 3.28. The van der Waals surface area contributed by atoms with Crippen LogP contribution in [0.4, 0.5) is 0 Å². The highest BCUT2D eigenvalue weighted by molar-refractivity contribution is 7.90. The van der Waals surface area contributed by atoms with Crippen LogP contribution in [0.2, 0.25) is 0 Å². The van der Waals surface area contributed by atoms with E-state index in [4.69, 9.17) is 0 Å². The van der Waals surface area contributed by atoms with Gasteiger partial charge in [-0.3, -0.25) is 4.79 Å². The van der Waals surface area contributed by atoms with Crippen molar-refractivity contribution in [1.82, 2.24) is 9.88 Å². The molecule has 1 heterocycles. The predicted octanol–water partition coefficient (Wildman–Crippen LogP) is 0.880. The Bertz CT molecular complexity index is 634. The van der Waals surface area contributed by atoms with E-state index in [0.717, 1.165) is 25.0 Å². The summed E-state index contributed by atoms with van der Waals surface area (Å²) in [6.07, 6.45) is 4.73. The van der Waals surface area contributed by atoms with E-state index >= 15 is 0 Å². The molecule has 1 aromatic rings. The van der Waals surface area contributed by atoms with Gasteiger partial charge in [0.25, 0.3) is 5.56 Å². The van der Waals surface area contributed by atoms with Gasteiger partial charge in [-0.25, -0.2) is 8.42 Å². The number of rotatable bonds is 5. The molecule has 0 radical (unpaired) electrons. The molecular weight excluding hydrogens is 276 g/mol. The van der Waals surface area contributed by atoms with Gasteiger partial charge < -0.3 is 9.88 Å². The van der Waals surface area contributed by atoms with Gasteiger partial charge in [-0.05, 0) is 38.3 Å². The van der Waals surface area contributed by atoms with Crippen molar-refractivity contribution in [3.63, 3.8) is 0 Å². The second kappa shape index (κ2) is 6.10. The quantitative estimate of drug-likeness (QED) is 0.876. The average Bonchev–Trinajstić information content (AvgIpc) is 2.39. The normalized spacial score (nSPS) is 18.8. The fraction of sp³-hybridized carbons (Fsp3) is 0.643. The molecule has 0 saturated heterocycles. The minimum Gasteiger partial charge on any atom is -0.313 e. The first kappa shape index (κ1) is 15.3. The van der Waals surface area contributed by atoms with Crippen molar-refractivity contribution in [3.05, 3.63) is 33.7 Å². The van der Waals surface area contributed by atoms with Crippen molar-refractivity contribution in [3.8, 4) is 0 Å². The number of nitrogens with one attached hydrogen (secondary N) is 1. The van der Waals surface area contributed by atoms with E-state index in [1.54, 1.807) is 10.6 Å². The van der Waals surface area contributed by atoms with Crippen LogP contribution in [-0.2, 0) is 22.8 Å². The van der Waals surface area contributed by atoms with E-state index in [1.165, 1.54) is 11.8 Å². The number of aromatic nitrogens is 1. The van der Waals surface area contributed by atoms with Gasteiger partial charge in [-0.1, -0.05) is 6.07 Å². The number of hydrogen-bond donors (Lipinski definition) is 1. The molecule has 0 bridgehead atoms. The molecule has 5 nitrogen and oxygen atoms in total. The summed E-state index contributed by atoms with van der Waals surface area (Å²) in [7, 11) is -1.04. The largest absolute Gasteiger partial charge is 0.313 e. The Morgan fingerprint density at radius 1 is 1.40 bits per heavy atom. The van der Waals surface area contributed by atoms with Crippen LogP contribution in [0, 0.1) is 0 Å². The predicted molar refractivity (Wildman–Crippen MR) is 79.8 cm³/mol. The Kier molecular flexibility index (Phi) is 4.65. The van der Waals surface area contributed by atoms with Gasteiger partial charge in [0.15, 0.2) is 0 Å². The topological polar surface area (TPSA) is 68.2 Å². The van der Waals surface area contributed by atoms with E-state index in [9.17, 15) is 13.2 Å². The summed E-state index contributed by atoms with van der Waals surface area (Å²) >= 11 is 0. The van der Waals surface area contributed by atoms with Crippen LogP contribution >= 0.6 is 0 Å². The van der Waals surface area contributed by atoms with Crippen LogP contribution in [0.25, 0.3) is 0 Å². The number of fused-ring (bicyclic) bond motifs is 1. The molecule has 0 fully saturated rings. The number of hydrogen-bond acceptors (Lipinski definition) is 4. The highest BCUT2D eigenvalue weighted by Gasteiger charge is 2.21. The lowest BCUT2D eigenvalue weighted by molar-refractivity contribution is 0.466. The molecule has 1 aliphatic carbocycles. The maximum atomic E-state index is 12.0. The Hall–Kier alpha value is -1.14. The first-order chi connectivity index (χ1) is 9.42. The van der Waals surface area contributed by atoms with Crippen LogP contribution in [0.15, 0.2) is 16.9 Å². The zero-order chi connectivity index (χ0) is 14.8. The van der Waals surface area contributed by atoms with Crippen molar-refractivity contribution in [2.75, 3.05) is 19.1 Å². The first-order valence-electron chi connectivity index (χ1n) is 7.00. The monoisotopic (exact) mass is 298 g/mol. The van der Waals surface area contributed by atoms with E-state index in [2.05, 4.69) is 5.32 Å². The number of nitrogens with zero attached hydrogens (tertiary/aromatic N) is 1. The molecule has 112 valence electrons. The summed E-state index contributed by atoms with van der Waals surface area (Å²) in [5.41, 5.74) is 2.21. The molecule has 1 aliphatic rings. The lowest BCUT2D eigenvalue weighted by Crippen LogP contribution is -2.31. The summed E-state index contributed by atoms with van der Waals surface area (Å²) in [4.78, 5) is 12.0. The first-order valence-corrected chi connectivity index (χ1v) is 9.06. The standard InChI is InChI=1S/C14H22N2O3S/c1-15-12-5-3-6-13-11(12)7-8-14(17)16(13)9-4-10-20(2,18)19/h7-8,12,15H,3-6,9-10H2,1-2H3. The Labute approximate surface area is 119 Å². The molecule has 1 aromatic heterocycles. The Balaban J connectivity index is 2.26. The third-order valence-corrected chi connectivity index (χ3v) is 4.89. The van der Waals surface area contributed by atoms with Gasteiger partial charge in [0.1, 0.15) is 9.84 Å². The van der Waals surface area contributed by atoms with Gasteiger partial charge in [-0.2, -0.15) is 0 Å². The summed E-state index contributed by atoms with van der Waals surface area (Å²) in [6.45, 7) is 0.478. The second-order valence-corrected chi connectivity index (χ2v) is 7.70. The fourth-order valence-electron chi connectivity index (χ4n) is 2.89. The van der Waals surface area contributed by atoms with E-state index < -0.39 is 9.84 Å². The van der Waals surface area contributed by atoms with Crippen LogP contribution in [-0.4, -0.2) is 32.0 Å². The molecular formula is C14H22N2O3S. The van der Waals surface area contributed by atoms with Gasteiger partial charge in [0.2, 0.25) is 0 Å². The minimum absolute atomic E-state index is 0.0333. The lowest BCUT2D eigenvalue weighted by atomic mass is 9.91. The third kappa shape index (κ3) is 3.49. The maximum absolute atomic E-state index is 12.0. The van der Waals surface area contributed by atoms with Crippen LogP contribution in [0.3, 0.4) is 0 Å². The van der Waals surface area contributed by atoms with Crippen molar-refractivity contribution in [2.24, 2.45) is 0 Å². The van der Waals surface area contributed by atoms with Crippen LogP contribution < -0.4 is 10.9 Å². The Morgan fingerprint density at radius 3 is 2.80 bits per heavy atom. The Morgan fingerprint density at radius 2 is 2.15 bits per heavy atom. The van der Waals surface area contributed by atoms with Crippen LogP contribution in [0.1, 0.15) is 36.6 Å². The smallest absolute Gasteiger partial charge is 0.250 e. The summed E-state index contributed by atoms with van der Waals surface area (Å²) < 4.78 is 24.1. The number of sulfone groups is 1. The molecule has 0 saturated carbocycles. The van der Waals surface area contributed by atoms with E-state index in [1.807, 2.05) is 13.1 Å². The van der Waals surface area contributed by atoms with Gasteiger partial charge >= 0.3 is 0 Å². The number of pyridine rings is 1. The SMILES string of the molecule is CNC1CCCc2c1ccc(=O)n2CCCS(C)(=O)=O. The summed E-state index contributed by atoms with van der Waals surface area (Å²) in [6, 6.07) is 3.79. The van der Waals surface area contributed by atoms with Crippen molar-refractivity contribution in [2.45, 2.75) is 38.3 Å². The zero-order valence-corrected chi connectivity index (χ0v) is 12.9. The molecule has 6 heteroatoms. The van der Waals surface area contributed by atoms with Crippen molar-refractivity contribution < 1.29 is 8.42 Å². The van der Waals surface area contributed by atoms with Crippen molar-refractivity contribution in [1.29, 1.82) is 0 Å². The van der Waals surface area contributed by atoms with Gasteiger partial charge in [-0.15, -0.1) is 0 Å². The molecule has 0 spiro atoms. The molecule has 1 unspecified atom stereocenters. The maximum Gasteiger partial charge on any atom is 0.250 e. The highest BCUT2D eigenvalue weighted by atomic mass is 32.2. The zero-order valence-electron chi connectivity index (χ0n) is 12.1. The summed E-state index contributed by atoms with van der Waals surface area (Å²) in [5.74, 6) is 0.124. The average molecular weight is 298 g/mol. The van der Waals surface area contributed by atoms with E-state index in [0.29, 0.717) is 19.0 Å².